The summed E-state index contributed by atoms with van der Waals surface area (Å²) >= 11 is 0. The van der Waals surface area contributed by atoms with Crippen LogP contribution in [0.5, 0.6) is 0 Å². The van der Waals surface area contributed by atoms with Gasteiger partial charge >= 0.3 is 0 Å². The molecule has 2 aliphatic carbocycles. The lowest BCUT2D eigenvalue weighted by atomic mass is 9.65. The van der Waals surface area contributed by atoms with Crippen molar-refractivity contribution in [1.29, 1.82) is 0 Å². The van der Waals surface area contributed by atoms with Crippen molar-refractivity contribution in [1.82, 2.24) is 0 Å². The van der Waals surface area contributed by atoms with E-state index in [-0.39, 0.29) is 0 Å². The van der Waals surface area contributed by atoms with Gasteiger partial charge in [-0.3, -0.25) is 0 Å². The topological polar surface area (TPSA) is 16.4 Å². The van der Waals surface area contributed by atoms with E-state index in [4.69, 9.17) is 4.42 Å². The van der Waals surface area contributed by atoms with Crippen LogP contribution in [0.3, 0.4) is 0 Å². The first-order valence-corrected chi connectivity index (χ1v) is 21.1. The van der Waals surface area contributed by atoms with E-state index in [1.807, 2.05) is 6.07 Å². The average Bonchev–Trinajstić information content (AvgIpc) is 3.82. The number of anilines is 3. The molecule has 2 heteroatoms. The molecule has 61 heavy (non-hydrogen) atoms. The minimum Gasteiger partial charge on any atom is -0.456 e. The molecule has 0 radical (unpaired) electrons. The Morgan fingerprint density at radius 2 is 0.852 bits per heavy atom. The maximum absolute atomic E-state index is 6.52. The summed E-state index contributed by atoms with van der Waals surface area (Å²) in [6.07, 6.45) is 0. The van der Waals surface area contributed by atoms with Crippen LogP contribution in [0.25, 0.3) is 77.2 Å². The van der Waals surface area contributed by atoms with Gasteiger partial charge in [0.25, 0.3) is 0 Å². The molecule has 10 aromatic carbocycles. The lowest BCUT2D eigenvalue weighted by Crippen LogP contribution is -2.29. The van der Waals surface area contributed by atoms with Gasteiger partial charge in [-0.05, 0) is 120 Å². The van der Waals surface area contributed by atoms with Gasteiger partial charge in [-0.1, -0.05) is 176 Å². The lowest BCUT2D eigenvalue weighted by Gasteiger charge is -2.36. The Labute approximate surface area is 354 Å². The third kappa shape index (κ3) is 4.85. The van der Waals surface area contributed by atoms with Crippen LogP contribution in [0.4, 0.5) is 17.1 Å². The summed E-state index contributed by atoms with van der Waals surface area (Å²) < 4.78 is 6.52. The highest BCUT2D eigenvalue weighted by Gasteiger charge is 2.50. The van der Waals surface area contributed by atoms with Crippen LogP contribution in [0.2, 0.25) is 0 Å². The zero-order valence-corrected chi connectivity index (χ0v) is 33.2. The molecule has 284 valence electrons. The van der Waals surface area contributed by atoms with Crippen LogP contribution in [-0.2, 0) is 5.41 Å². The number of rotatable bonds is 4. The highest BCUT2D eigenvalue weighted by Crippen LogP contribution is 2.63. The van der Waals surface area contributed by atoms with Gasteiger partial charge in [0.05, 0.1) is 5.41 Å². The number of furan rings is 1. The summed E-state index contributed by atoms with van der Waals surface area (Å²) in [5, 5.41) is 4.77. The molecular formula is C59H37NO. The molecular weight excluding hydrogens is 739 g/mol. The Bertz CT molecular complexity index is 3540. The van der Waals surface area contributed by atoms with Crippen LogP contribution in [0.15, 0.2) is 229 Å². The Morgan fingerprint density at radius 3 is 1.67 bits per heavy atom. The van der Waals surface area contributed by atoms with Crippen molar-refractivity contribution in [2.75, 3.05) is 4.90 Å². The molecule has 2 aliphatic rings. The van der Waals surface area contributed by atoms with Crippen molar-refractivity contribution in [2.24, 2.45) is 0 Å². The summed E-state index contributed by atoms with van der Waals surface area (Å²) in [6, 6.07) is 82.6. The minimum atomic E-state index is -0.575. The second-order valence-electron chi connectivity index (χ2n) is 16.4. The van der Waals surface area contributed by atoms with Crippen LogP contribution in [0, 0.1) is 0 Å². The fourth-order valence-corrected chi connectivity index (χ4v) is 10.7. The van der Waals surface area contributed by atoms with Crippen LogP contribution in [-0.4, -0.2) is 0 Å². The monoisotopic (exact) mass is 775 g/mol. The molecule has 0 N–H and O–H groups in total. The summed E-state index contributed by atoms with van der Waals surface area (Å²) in [4.78, 5) is 2.39. The molecule has 1 unspecified atom stereocenters. The van der Waals surface area contributed by atoms with Gasteiger partial charge in [-0.15, -0.1) is 0 Å². The van der Waals surface area contributed by atoms with Gasteiger partial charge in [-0.2, -0.15) is 0 Å². The molecule has 2 nitrogen and oxygen atoms in total. The molecule has 1 atom stereocenters. The van der Waals surface area contributed by atoms with Gasteiger partial charge in [0.1, 0.15) is 11.2 Å². The SMILES string of the molecule is c1ccc(-c2ccc(N(c3ccc4c(c3)-c3ccccc3-c3ccccc3C43c4ccccc4-c4c3ccc3ccccc43)c3ccc4c(c3)oc3ccccc34)cc2)cc1. The first-order chi connectivity index (χ1) is 30.3. The third-order valence-electron chi connectivity index (χ3n) is 13.3. The molecule has 0 bridgehead atoms. The second kappa shape index (κ2) is 13.0. The highest BCUT2D eigenvalue weighted by atomic mass is 16.3. The van der Waals surface area contributed by atoms with E-state index in [2.05, 4.69) is 223 Å². The first kappa shape index (κ1) is 34.0. The van der Waals surface area contributed by atoms with Crippen molar-refractivity contribution in [3.05, 3.63) is 247 Å². The third-order valence-corrected chi connectivity index (χ3v) is 13.3. The van der Waals surface area contributed by atoms with Crippen LogP contribution >= 0.6 is 0 Å². The standard InChI is InChI=1S/C59H37NO/c1-2-14-38(15-3-1)39-26-29-41(30-27-39)60(43-31-33-49-48-21-10-13-25-56(48)61-57(49)37-43)42-32-35-54-51(36-42)46-19-7-6-18-45(46)47-20-8-11-23-52(47)59(54)53-24-12-9-22-50(53)58-44-17-5-4-16-40(44)28-34-55(58)59/h1-37H. The zero-order valence-electron chi connectivity index (χ0n) is 33.2. The van der Waals surface area contributed by atoms with E-state index < -0.39 is 5.41 Å². The number of hydrogen-bond acceptors (Lipinski definition) is 2. The molecule has 1 heterocycles. The molecule has 1 aromatic heterocycles. The van der Waals surface area contributed by atoms with Gasteiger partial charge in [0, 0.05) is 33.9 Å². The lowest BCUT2D eigenvalue weighted by molar-refractivity contribution is 0.669. The fraction of sp³-hybridized carbons (Fsp3) is 0.0169. The molecule has 0 aliphatic heterocycles. The largest absolute Gasteiger partial charge is 0.456 e. The predicted molar refractivity (Wildman–Crippen MR) is 253 cm³/mol. The van der Waals surface area contributed by atoms with Crippen LogP contribution < -0.4 is 4.90 Å². The molecule has 0 fully saturated rings. The fourth-order valence-electron chi connectivity index (χ4n) is 10.7. The van der Waals surface area contributed by atoms with Gasteiger partial charge in [0.15, 0.2) is 0 Å². The Balaban J connectivity index is 1.10. The predicted octanol–water partition coefficient (Wildman–Crippen LogP) is 15.9. The van der Waals surface area contributed by atoms with Crippen molar-refractivity contribution < 1.29 is 4.42 Å². The van der Waals surface area contributed by atoms with E-state index in [0.29, 0.717) is 0 Å². The molecule has 0 saturated heterocycles. The Morgan fingerprint density at radius 1 is 0.311 bits per heavy atom. The Kier molecular flexibility index (Phi) is 7.26. The Hall–Kier alpha value is -7.94. The number of hydrogen-bond donors (Lipinski definition) is 0. The van der Waals surface area contributed by atoms with Gasteiger partial charge < -0.3 is 9.32 Å². The minimum absolute atomic E-state index is 0.575. The van der Waals surface area contributed by atoms with E-state index in [1.165, 1.54) is 77.5 Å². The molecule has 0 saturated carbocycles. The number of fused-ring (bicyclic) bond motifs is 17. The highest BCUT2D eigenvalue weighted by molar-refractivity contribution is 6.08. The van der Waals surface area contributed by atoms with E-state index in [1.54, 1.807) is 0 Å². The molecule has 11 aromatic rings. The molecule has 0 amide bonds. The van der Waals surface area contributed by atoms with E-state index in [9.17, 15) is 0 Å². The van der Waals surface area contributed by atoms with Crippen molar-refractivity contribution in [2.45, 2.75) is 5.41 Å². The maximum Gasteiger partial charge on any atom is 0.137 e. The number of para-hydroxylation sites is 1. The van der Waals surface area contributed by atoms with Gasteiger partial charge in [0.2, 0.25) is 0 Å². The summed E-state index contributed by atoms with van der Waals surface area (Å²) in [7, 11) is 0. The van der Waals surface area contributed by atoms with E-state index >= 15 is 0 Å². The van der Waals surface area contributed by atoms with Crippen molar-refractivity contribution >= 4 is 49.8 Å². The van der Waals surface area contributed by atoms with Crippen molar-refractivity contribution in [3.63, 3.8) is 0 Å². The van der Waals surface area contributed by atoms with Crippen molar-refractivity contribution in [3.8, 4) is 44.5 Å². The number of benzene rings is 10. The first-order valence-electron chi connectivity index (χ1n) is 21.1. The zero-order chi connectivity index (χ0) is 40.1. The smallest absolute Gasteiger partial charge is 0.137 e. The van der Waals surface area contributed by atoms with Gasteiger partial charge in [-0.25, -0.2) is 0 Å². The maximum atomic E-state index is 6.52. The summed E-state index contributed by atoms with van der Waals surface area (Å²) in [5.41, 5.74) is 19.5. The molecule has 13 rings (SSSR count). The molecule has 1 spiro atoms. The van der Waals surface area contributed by atoms with E-state index in [0.717, 1.165) is 39.0 Å². The quantitative estimate of drug-likeness (QED) is 0.177. The average molecular weight is 776 g/mol. The number of nitrogens with zero attached hydrogens (tertiary/aromatic N) is 1. The summed E-state index contributed by atoms with van der Waals surface area (Å²) in [5.74, 6) is 0. The normalized spacial score (nSPS) is 14.6. The summed E-state index contributed by atoms with van der Waals surface area (Å²) in [6.45, 7) is 0. The van der Waals surface area contributed by atoms with Crippen LogP contribution in [0.1, 0.15) is 22.3 Å². The second-order valence-corrected chi connectivity index (χ2v) is 16.4.